The summed E-state index contributed by atoms with van der Waals surface area (Å²) in [5, 5.41) is 12.9. The van der Waals surface area contributed by atoms with Gasteiger partial charge in [0.15, 0.2) is 0 Å². The number of aliphatic hydroxyl groups excluding tert-OH is 1. The summed E-state index contributed by atoms with van der Waals surface area (Å²) in [6.07, 6.45) is 4.09. The average Bonchev–Trinajstić information content (AvgIpc) is 2.37. The van der Waals surface area contributed by atoms with Gasteiger partial charge in [-0.15, -0.1) is 0 Å². The maximum Gasteiger partial charge on any atom is 0.0936 e. The number of nitrogens with zero attached hydrogens (tertiary/aromatic N) is 1. The monoisotopic (exact) mass is 284 g/mol. The summed E-state index contributed by atoms with van der Waals surface area (Å²) in [7, 11) is 2.09. The maximum absolute atomic E-state index is 9.35. The molecular weight excluding hydrogens is 252 g/mol. The fourth-order valence-electron chi connectivity index (χ4n) is 4.03. The van der Waals surface area contributed by atoms with Gasteiger partial charge in [-0.1, -0.05) is 13.8 Å². The zero-order valence-corrected chi connectivity index (χ0v) is 13.6. The summed E-state index contributed by atoms with van der Waals surface area (Å²) >= 11 is 0. The summed E-state index contributed by atoms with van der Waals surface area (Å²) in [4.78, 5) is 2.49. The highest BCUT2D eigenvalue weighted by Gasteiger charge is 2.36. The van der Waals surface area contributed by atoms with E-state index in [1.807, 2.05) is 0 Å². The molecule has 2 aliphatic rings. The van der Waals surface area contributed by atoms with Crippen molar-refractivity contribution in [2.45, 2.75) is 58.3 Å². The van der Waals surface area contributed by atoms with E-state index in [-0.39, 0.29) is 18.8 Å². The van der Waals surface area contributed by atoms with Gasteiger partial charge in [0.25, 0.3) is 0 Å². The zero-order valence-electron chi connectivity index (χ0n) is 13.6. The topological polar surface area (TPSA) is 44.7 Å². The average molecular weight is 284 g/mol. The molecule has 1 aliphatic carbocycles. The molecule has 1 aliphatic heterocycles. The van der Waals surface area contributed by atoms with Crippen LogP contribution in [0.5, 0.6) is 0 Å². The van der Waals surface area contributed by atoms with Crippen LogP contribution in [0, 0.1) is 11.3 Å². The lowest BCUT2D eigenvalue weighted by Crippen LogP contribution is -2.53. The SMILES string of the molecule is CNC1CCC(C)(C)CC1CN1CC(C)OC(CO)C1. The third kappa shape index (κ3) is 4.17. The molecule has 4 unspecified atom stereocenters. The molecule has 2 fully saturated rings. The van der Waals surface area contributed by atoms with Gasteiger partial charge in [0.05, 0.1) is 18.8 Å². The quantitative estimate of drug-likeness (QED) is 0.821. The molecule has 0 spiro atoms. The minimum atomic E-state index is -0.0108. The van der Waals surface area contributed by atoms with E-state index in [4.69, 9.17) is 4.74 Å². The molecule has 0 aromatic carbocycles. The Morgan fingerprint density at radius 2 is 2.10 bits per heavy atom. The molecule has 1 saturated heterocycles. The van der Waals surface area contributed by atoms with Crippen molar-refractivity contribution in [3.63, 3.8) is 0 Å². The van der Waals surface area contributed by atoms with Crippen LogP contribution in [0.1, 0.15) is 40.0 Å². The van der Waals surface area contributed by atoms with Crippen molar-refractivity contribution < 1.29 is 9.84 Å². The second kappa shape index (κ2) is 6.73. The van der Waals surface area contributed by atoms with Gasteiger partial charge in [-0.25, -0.2) is 0 Å². The largest absolute Gasteiger partial charge is 0.394 e. The number of nitrogens with one attached hydrogen (secondary N) is 1. The lowest BCUT2D eigenvalue weighted by molar-refractivity contribution is -0.101. The molecule has 4 nitrogen and oxygen atoms in total. The van der Waals surface area contributed by atoms with Crippen molar-refractivity contribution in [2.24, 2.45) is 11.3 Å². The van der Waals surface area contributed by atoms with Gasteiger partial charge >= 0.3 is 0 Å². The Hall–Kier alpha value is -0.160. The lowest BCUT2D eigenvalue weighted by atomic mass is 9.69. The van der Waals surface area contributed by atoms with Crippen molar-refractivity contribution >= 4 is 0 Å². The molecule has 0 amide bonds. The molecule has 0 aromatic rings. The second-order valence-electron chi connectivity index (χ2n) is 7.53. The second-order valence-corrected chi connectivity index (χ2v) is 7.53. The molecular formula is C16H32N2O2. The van der Waals surface area contributed by atoms with Crippen molar-refractivity contribution in [1.29, 1.82) is 0 Å². The Bertz CT molecular complexity index is 309. The molecule has 4 atom stereocenters. The first-order valence-electron chi connectivity index (χ1n) is 8.09. The fraction of sp³-hybridized carbons (Fsp3) is 1.00. The number of hydrogen-bond donors (Lipinski definition) is 2. The third-order valence-electron chi connectivity index (χ3n) is 4.98. The highest BCUT2D eigenvalue weighted by Crippen LogP contribution is 2.39. The summed E-state index contributed by atoms with van der Waals surface area (Å²) in [5.41, 5.74) is 0.465. The van der Waals surface area contributed by atoms with E-state index in [9.17, 15) is 5.11 Å². The van der Waals surface area contributed by atoms with Gasteiger partial charge in [0.1, 0.15) is 0 Å². The van der Waals surface area contributed by atoms with Crippen LogP contribution >= 0.6 is 0 Å². The highest BCUT2D eigenvalue weighted by atomic mass is 16.5. The van der Waals surface area contributed by atoms with Crippen LogP contribution in [0.25, 0.3) is 0 Å². The standard InChI is InChI=1S/C16H32N2O2/c1-12-8-18(10-14(11-19)20-12)9-13-7-16(2,3)6-5-15(13)17-4/h12-15,17,19H,5-11H2,1-4H3. The first-order chi connectivity index (χ1) is 9.43. The third-order valence-corrected chi connectivity index (χ3v) is 4.98. The van der Waals surface area contributed by atoms with Crippen LogP contribution in [0.3, 0.4) is 0 Å². The molecule has 20 heavy (non-hydrogen) atoms. The van der Waals surface area contributed by atoms with Crippen molar-refractivity contribution in [1.82, 2.24) is 10.2 Å². The predicted octanol–water partition coefficient (Wildman–Crippen LogP) is 1.48. The van der Waals surface area contributed by atoms with Gasteiger partial charge in [-0.3, -0.25) is 4.90 Å². The summed E-state index contributed by atoms with van der Waals surface area (Å²) < 4.78 is 5.74. The van der Waals surface area contributed by atoms with Crippen molar-refractivity contribution in [3.8, 4) is 0 Å². The lowest BCUT2D eigenvalue weighted by Gasteiger charge is -2.44. The minimum Gasteiger partial charge on any atom is -0.394 e. The number of aliphatic hydroxyl groups is 1. The Kier molecular flexibility index (Phi) is 5.46. The molecule has 2 N–H and O–H groups in total. The molecule has 2 rings (SSSR count). The van der Waals surface area contributed by atoms with Crippen LogP contribution in [0.4, 0.5) is 0 Å². The van der Waals surface area contributed by atoms with Crippen molar-refractivity contribution in [3.05, 3.63) is 0 Å². The number of hydrogen-bond acceptors (Lipinski definition) is 4. The first kappa shape index (κ1) is 16.2. The van der Waals surface area contributed by atoms with E-state index in [2.05, 4.69) is 38.0 Å². The van der Waals surface area contributed by atoms with Gasteiger partial charge in [-0.05, 0) is 44.6 Å². The number of ether oxygens (including phenoxy) is 1. The predicted molar refractivity (Wildman–Crippen MR) is 81.8 cm³/mol. The maximum atomic E-state index is 9.35. The van der Waals surface area contributed by atoms with Crippen molar-refractivity contribution in [2.75, 3.05) is 33.3 Å². The highest BCUT2D eigenvalue weighted by molar-refractivity contribution is 4.90. The van der Waals surface area contributed by atoms with E-state index in [1.165, 1.54) is 19.3 Å². The summed E-state index contributed by atoms with van der Waals surface area (Å²) in [6, 6.07) is 0.633. The summed E-state index contributed by atoms with van der Waals surface area (Å²) in [5.74, 6) is 0.702. The van der Waals surface area contributed by atoms with E-state index in [1.54, 1.807) is 0 Å². The molecule has 0 aromatic heterocycles. The Balaban J connectivity index is 1.95. The molecule has 118 valence electrons. The van der Waals surface area contributed by atoms with Gasteiger partial charge in [0.2, 0.25) is 0 Å². The molecule has 1 saturated carbocycles. The van der Waals surface area contributed by atoms with Crippen LogP contribution in [-0.4, -0.2) is 61.5 Å². The number of rotatable bonds is 4. The van der Waals surface area contributed by atoms with E-state index in [0.29, 0.717) is 17.4 Å². The summed E-state index contributed by atoms with van der Waals surface area (Å²) in [6.45, 7) is 10.0. The van der Waals surface area contributed by atoms with E-state index < -0.39 is 0 Å². The van der Waals surface area contributed by atoms with Crippen LogP contribution in [0.2, 0.25) is 0 Å². The van der Waals surface area contributed by atoms with Gasteiger partial charge in [0, 0.05) is 25.7 Å². The molecule has 1 heterocycles. The number of morpholine rings is 1. The van der Waals surface area contributed by atoms with Crippen LogP contribution in [0.15, 0.2) is 0 Å². The zero-order chi connectivity index (χ0) is 14.8. The van der Waals surface area contributed by atoms with Crippen LogP contribution in [-0.2, 0) is 4.74 Å². The Labute approximate surface area is 123 Å². The minimum absolute atomic E-state index is 0.0108. The first-order valence-corrected chi connectivity index (χ1v) is 8.09. The Morgan fingerprint density at radius 3 is 2.75 bits per heavy atom. The van der Waals surface area contributed by atoms with E-state index in [0.717, 1.165) is 19.6 Å². The smallest absolute Gasteiger partial charge is 0.0936 e. The molecule has 0 radical (unpaired) electrons. The van der Waals surface area contributed by atoms with Gasteiger partial charge < -0.3 is 15.2 Å². The van der Waals surface area contributed by atoms with Crippen LogP contribution < -0.4 is 5.32 Å². The normalized spacial score (nSPS) is 38.9. The molecule has 4 heteroatoms. The molecule has 0 bridgehead atoms. The van der Waals surface area contributed by atoms with E-state index >= 15 is 0 Å². The Morgan fingerprint density at radius 1 is 1.35 bits per heavy atom. The fourth-order valence-corrected chi connectivity index (χ4v) is 4.03. The van der Waals surface area contributed by atoms with Gasteiger partial charge in [-0.2, -0.15) is 0 Å².